The largest absolute Gasteiger partial charge is 0.390 e. The van der Waals surface area contributed by atoms with E-state index < -0.39 is 6.10 Å². The number of carbonyl (C=O) groups excluding carboxylic acids is 1. The maximum absolute atomic E-state index is 11.6. The first-order valence-corrected chi connectivity index (χ1v) is 5.77. The van der Waals surface area contributed by atoms with Gasteiger partial charge in [0.2, 0.25) is 5.91 Å². The van der Waals surface area contributed by atoms with E-state index in [0.717, 1.165) is 19.4 Å². The van der Waals surface area contributed by atoms with Crippen LogP contribution in [0.3, 0.4) is 0 Å². The van der Waals surface area contributed by atoms with Crippen LogP contribution in [0.4, 0.5) is 0 Å². The number of nitrogens with one attached hydrogen (secondary N) is 1. The predicted octanol–water partition coefficient (Wildman–Crippen LogP) is 0.215. The Morgan fingerprint density at radius 1 is 1.67 bits per heavy atom. The molecule has 0 aromatic rings. The molecule has 2 unspecified atom stereocenters. The molecule has 1 fully saturated rings. The Balaban J connectivity index is 2.33. The fraction of sp³-hybridized carbons (Fsp3) is 0.909. The normalized spacial score (nSPS) is 23.5. The standard InChI is InChI=1S/C11H22N2O2/c1-3-4-9-5-11(15)13(7-9)8-10(14)6-12-2/h9-10,12,14H,3-8H2,1-2H3. The number of likely N-dealkylation sites (N-methyl/N-ethyl adjacent to an activating group) is 1. The Morgan fingerprint density at radius 3 is 3.00 bits per heavy atom. The lowest BCUT2D eigenvalue weighted by atomic mass is 10.0. The molecule has 88 valence electrons. The molecule has 0 spiro atoms. The molecule has 1 aliphatic heterocycles. The van der Waals surface area contributed by atoms with Crippen molar-refractivity contribution in [1.82, 2.24) is 10.2 Å². The van der Waals surface area contributed by atoms with Gasteiger partial charge in [0, 0.05) is 26.1 Å². The van der Waals surface area contributed by atoms with Crippen molar-refractivity contribution >= 4 is 5.91 Å². The molecular weight excluding hydrogens is 192 g/mol. The van der Waals surface area contributed by atoms with Crippen LogP contribution in [0.15, 0.2) is 0 Å². The summed E-state index contributed by atoms with van der Waals surface area (Å²) in [5.74, 6) is 0.702. The number of aliphatic hydroxyl groups is 1. The van der Waals surface area contributed by atoms with E-state index in [1.807, 2.05) is 0 Å². The molecule has 1 aliphatic rings. The van der Waals surface area contributed by atoms with Gasteiger partial charge in [0.25, 0.3) is 0 Å². The summed E-state index contributed by atoms with van der Waals surface area (Å²) in [7, 11) is 1.80. The zero-order valence-electron chi connectivity index (χ0n) is 9.70. The Morgan fingerprint density at radius 2 is 2.40 bits per heavy atom. The van der Waals surface area contributed by atoms with Crippen LogP contribution in [-0.4, -0.2) is 48.7 Å². The number of likely N-dealkylation sites (tertiary alicyclic amines) is 1. The fourth-order valence-electron chi connectivity index (χ4n) is 2.19. The Bertz CT molecular complexity index is 209. The Kier molecular flexibility index (Phi) is 5.05. The molecule has 0 bridgehead atoms. The fourth-order valence-corrected chi connectivity index (χ4v) is 2.19. The van der Waals surface area contributed by atoms with Gasteiger partial charge in [-0.1, -0.05) is 13.3 Å². The molecule has 0 saturated carbocycles. The van der Waals surface area contributed by atoms with Crippen molar-refractivity contribution in [3.8, 4) is 0 Å². The molecule has 1 amide bonds. The number of amides is 1. The zero-order valence-corrected chi connectivity index (χ0v) is 9.70. The molecule has 1 heterocycles. The van der Waals surface area contributed by atoms with Gasteiger partial charge in [-0.25, -0.2) is 0 Å². The minimum absolute atomic E-state index is 0.198. The molecule has 4 heteroatoms. The number of β-amino-alcohol motifs (C(OH)–C–C–N with tert-alkyl or cyclic N) is 1. The second-order valence-electron chi connectivity index (χ2n) is 4.37. The third kappa shape index (κ3) is 3.80. The van der Waals surface area contributed by atoms with Gasteiger partial charge < -0.3 is 15.3 Å². The van der Waals surface area contributed by atoms with E-state index in [1.54, 1.807) is 11.9 Å². The van der Waals surface area contributed by atoms with E-state index in [1.165, 1.54) is 0 Å². The molecule has 2 atom stereocenters. The SMILES string of the molecule is CCCC1CC(=O)N(CC(O)CNC)C1. The Hall–Kier alpha value is -0.610. The summed E-state index contributed by atoms with van der Waals surface area (Å²) >= 11 is 0. The lowest BCUT2D eigenvalue weighted by molar-refractivity contribution is -0.128. The van der Waals surface area contributed by atoms with Gasteiger partial charge in [-0.2, -0.15) is 0 Å². The number of hydrogen-bond donors (Lipinski definition) is 2. The summed E-state index contributed by atoms with van der Waals surface area (Å²) < 4.78 is 0. The second kappa shape index (κ2) is 6.08. The minimum Gasteiger partial charge on any atom is -0.390 e. The topological polar surface area (TPSA) is 52.6 Å². The highest BCUT2D eigenvalue weighted by atomic mass is 16.3. The first kappa shape index (κ1) is 12.5. The number of hydrogen-bond acceptors (Lipinski definition) is 3. The molecule has 0 aromatic heterocycles. The van der Waals surface area contributed by atoms with Crippen LogP contribution < -0.4 is 5.32 Å². The molecule has 15 heavy (non-hydrogen) atoms. The van der Waals surface area contributed by atoms with Crippen molar-refractivity contribution in [1.29, 1.82) is 0 Å². The monoisotopic (exact) mass is 214 g/mol. The highest BCUT2D eigenvalue weighted by Gasteiger charge is 2.29. The number of nitrogens with zero attached hydrogens (tertiary/aromatic N) is 1. The van der Waals surface area contributed by atoms with Crippen molar-refractivity contribution < 1.29 is 9.90 Å². The van der Waals surface area contributed by atoms with Crippen LogP contribution in [0.1, 0.15) is 26.2 Å². The minimum atomic E-state index is -0.445. The number of rotatable bonds is 6. The van der Waals surface area contributed by atoms with Crippen molar-refractivity contribution in [3.63, 3.8) is 0 Å². The average Bonchev–Trinajstić information content (AvgIpc) is 2.48. The second-order valence-corrected chi connectivity index (χ2v) is 4.37. The molecule has 0 aliphatic carbocycles. The third-order valence-electron chi connectivity index (χ3n) is 2.86. The van der Waals surface area contributed by atoms with Gasteiger partial charge in [0.1, 0.15) is 0 Å². The summed E-state index contributed by atoms with van der Waals surface area (Å²) in [6.07, 6.45) is 2.47. The smallest absolute Gasteiger partial charge is 0.223 e. The maximum Gasteiger partial charge on any atom is 0.223 e. The summed E-state index contributed by atoms with van der Waals surface area (Å²) in [4.78, 5) is 13.4. The molecule has 1 saturated heterocycles. The lowest BCUT2D eigenvalue weighted by Crippen LogP contribution is -2.38. The van der Waals surface area contributed by atoms with Gasteiger partial charge in [-0.15, -0.1) is 0 Å². The first-order chi connectivity index (χ1) is 7.17. The van der Waals surface area contributed by atoms with E-state index in [-0.39, 0.29) is 5.91 Å². The molecular formula is C11H22N2O2. The summed E-state index contributed by atoms with van der Waals surface area (Å²) in [5.41, 5.74) is 0. The van der Waals surface area contributed by atoms with Gasteiger partial charge in [-0.05, 0) is 19.4 Å². The van der Waals surface area contributed by atoms with E-state index >= 15 is 0 Å². The van der Waals surface area contributed by atoms with E-state index in [2.05, 4.69) is 12.2 Å². The molecule has 1 rings (SSSR count). The van der Waals surface area contributed by atoms with Crippen molar-refractivity contribution in [2.45, 2.75) is 32.3 Å². The quantitative estimate of drug-likeness (QED) is 0.665. The summed E-state index contributed by atoms with van der Waals surface area (Å²) in [6, 6.07) is 0. The van der Waals surface area contributed by atoms with Crippen LogP contribution in [0, 0.1) is 5.92 Å². The molecule has 2 N–H and O–H groups in total. The maximum atomic E-state index is 11.6. The highest BCUT2D eigenvalue weighted by Crippen LogP contribution is 2.21. The van der Waals surface area contributed by atoms with Crippen LogP contribution in [0.5, 0.6) is 0 Å². The van der Waals surface area contributed by atoms with Crippen LogP contribution >= 0.6 is 0 Å². The van der Waals surface area contributed by atoms with E-state index in [0.29, 0.717) is 25.4 Å². The van der Waals surface area contributed by atoms with Crippen LogP contribution in [-0.2, 0) is 4.79 Å². The average molecular weight is 214 g/mol. The van der Waals surface area contributed by atoms with Gasteiger partial charge in [0.15, 0.2) is 0 Å². The number of carbonyl (C=O) groups is 1. The first-order valence-electron chi connectivity index (χ1n) is 5.77. The van der Waals surface area contributed by atoms with Gasteiger partial charge in [0.05, 0.1) is 6.10 Å². The molecule has 0 radical (unpaired) electrons. The van der Waals surface area contributed by atoms with Gasteiger partial charge >= 0.3 is 0 Å². The van der Waals surface area contributed by atoms with Crippen molar-refractivity contribution in [2.75, 3.05) is 26.7 Å². The highest BCUT2D eigenvalue weighted by molar-refractivity contribution is 5.78. The van der Waals surface area contributed by atoms with Gasteiger partial charge in [-0.3, -0.25) is 4.79 Å². The van der Waals surface area contributed by atoms with E-state index in [9.17, 15) is 9.90 Å². The Labute approximate surface area is 91.6 Å². The summed E-state index contributed by atoms with van der Waals surface area (Å²) in [5, 5.41) is 12.5. The van der Waals surface area contributed by atoms with Crippen LogP contribution in [0.2, 0.25) is 0 Å². The van der Waals surface area contributed by atoms with Crippen molar-refractivity contribution in [3.05, 3.63) is 0 Å². The summed E-state index contributed by atoms with van der Waals surface area (Å²) in [6.45, 7) is 3.98. The zero-order chi connectivity index (χ0) is 11.3. The molecule has 4 nitrogen and oxygen atoms in total. The van der Waals surface area contributed by atoms with Crippen LogP contribution in [0.25, 0.3) is 0 Å². The predicted molar refractivity (Wildman–Crippen MR) is 59.5 cm³/mol. The van der Waals surface area contributed by atoms with Crippen molar-refractivity contribution in [2.24, 2.45) is 5.92 Å². The lowest BCUT2D eigenvalue weighted by Gasteiger charge is -2.20. The number of aliphatic hydroxyl groups excluding tert-OH is 1. The molecule has 0 aromatic carbocycles. The van der Waals surface area contributed by atoms with E-state index in [4.69, 9.17) is 0 Å². The third-order valence-corrected chi connectivity index (χ3v) is 2.86.